The Hall–Kier alpha value is -2.29. The molecule has 1 fully saturated rings. The van der Waals surface area contributed by atoms with E-state index in [0.717, 1.165) is 17.7 Å². The van der Waals surface area contributed by atoms with Crippen molar-refractivity contribution in [1.29, 1.82) is 0 Å². The number of nitrogens with one attached hydrogen (secondary N) is 1. The zero-order valence-corrected chi connectivity index (χ0v) is 16.6. The summed E-state index contributed by atoms with van der Waals surface area (Å²) in [5.41, 5.74) is 1.79. The molecule has 0 radical (unpaired) electrons. The van der Waals surface area contributed by atoms with E-state index in [4.69, 9.17) is 4.74 Å². The lowest BCUT2D eigenvalue weighted by molar-refractivity contribution is 0.0729. The highest BCUT2D eigenvalue weighted by Gasteiger charge is 2.29. The molecule has 0 saturated carbocycles. The van der Waals surface area contributed by atoms with E-state index >= 15 is 0 Å². The maximum absolute atomic E-state index is 14.3. The van der Waals surface area contributed by atoms with Gasteiger partial charge in [-0.05, 0) is 41.8 Å². The number of ether oxygens (including phenoxy) is 1. The molecule has 150 valence electrons. The summed E-state index contributed by atoms with van der Waals surface area (Å²) in [5.74, 6) is -1.02. The molecular formula is C20H23FN2O4S. The van der Waals surface area contributed by atoms with Gasteiger partial charge in [0.2, 0.25) is 10.0 Å². The average molecular weight is 406 g/mol. The van der Waals surface area contributed by atoms with Crippen molar-refractivity contribution in [2.24, 2.45) is 0 Å². The van der Waals surface area contributed by atoms with Crippen molar-refractivity contribution in [3.8, 4) is 0 Å². The fraction of sp³-hybridized carbons (Fsp3) is 0.350. The molecule has 1 aliphatic rings. The predicted octanol–water partition coefficient (Wildman–Crippen LogP) is 3.22. The van der Waals surface area contributed by atoms with Crippen molar-refractivity contribution < 1.29 is 22.3 Å². The van der Waals surface area contributed by atoms with Gasteiger partial charge < -0.3 is 10.1 Å². The van der Waals surface area contributed by atoms with Crippen molar-refractivity contribution in [1.82, 2.24) is 4.31 Å². The fourth-order valence-corrected chi connectivity index (χ4v) is 4.42. The molecule has 2 aromatic rings. The molecule has 2 aromatic carbocycles. The summed E-state index contributed by atoms with van der Waals surface area (Å²) in [4.78, 5) is 12.0. The molecule has 0 bridgehead atoms. The third-order valence-corrected chi connectivity index (χ3v) is 6.53. The minimum absolute atomic E-state index is 0.0705. The zero-order valence-electron chi connectivity index (χ0n) is 15.8. The summed E-state index contributed by atoms with van der Waals surface area (Å²) in [6.45, 7) is 4.96. The van der Waals surface area contributed by atoms with E-state index in [9.17, 15) is 17.6 Å². The number of hydrogen-bond acceptors (Lipinski definition) is 4. The summed E-state index contributed by atoms with van der Waals surface area (Å²) in [6, 6.07) is 10.7. The van der Waals surface area contributed by atoms with E-state index in [1.165, 1.54) is 10.4 Å². The Bertz CT molecular complexity index is 953. The van der Waals surface area contributed by atoms with Crippen LogP contribution in [0.5, 0.6) is 0 Å². The summed E-state index contributed by atoms with van der Waals surface area (Å²) in [5, 5.41) is 2.71. The number of amides is 1. The topological polar surface area (TPSA) is 75.7 Å². The fourth-order valence-electron chi connectivity index (χ4n) is 2.92. The molecule has 28 heavy (non-hydrogen) atoms. The Morgan fingerprint density at radius 1 is 1.11 bits per heavy atom. The van der Waals surface area contributed by atoms with Crippen molar-refractivity contribution >= 4 is 21.6 Å². The maximum atomic E-state index is 14.3. The largest absolute Gasteiger partial charge is 0.379 e. The van der Waals surface area contributed by atoms with Crippen LogP contribution in [0.3, 0.4) is 0 Å². The summed E-state index contributed by atoms with van der Waals surface area (Å²) < 4.78 is 46.1. The van der Waals surface area contributed by atoms with Crippen LogP contribution in [0.1, 0.15) is 35.7 Å². The first-order chi connectivity index (χ1) is 13.3. The zero-order chi connectivity index (χ0) is 20.3. The van der Waals surface area contributed by atoms with Gasteiger partial charge in [-0.2, -0.15) is 4.31 Å². The first kappa shape index (κ1) is 20.4. The predicted molar refractivity (Wildman–Crippen MR) is 104 cm³/mol. The van der Waals surface area contributed by atoms with Crippen LogP contribution in [0, 0.1) is 5.82 Å². The number of carbonyl (C=O) groups is 1. The second-order valence-electron chi connectivity index (χ2n) is 6.89. The molecule has 0 atom stereocenters. The summed E-state index contributed by atoms with van der Waals surface area (Å²) in [7, 11) is -4.04. The molecule has 8 heteroatoms. The smallest absolute Gasteiger partial charge is 0.255 e. The lowest BCUT2D eigenvalue weighted by Gasteiger charge is -2.26. The van der Waals surface area contributed by atoms with Crippen molar-refractivity contribution in [2.45, 2.75) is 24.7 Å². The first-order valence-electron chi connectivity index (χ1n) is 9.08. The minimum atomic E-state index is -4.04. The maximum Gasteiger partial charge on any atom is 0.255 e. The number of sulfonamides is 1. The van der Waals surface area contributed by atoms with Gasteiger partial charge in [-0.3, -0.25) is 4.79 Å². The molecule has 0 unspecified atom stereocenters. The van der Waals surface area contributed by atoms with E-state index in [1.54, 1.807) is 12.1 Å². The quantitative estimate of drug-likeness (QED) is 0.827. The van der Waals surface area contributed by atoms with Crippen LogP contribution in [-0.4, -0.2) is 44.9 Å². The van der Waals surface area contributed by atoms with Crippen molar-refractivity contribution in [3.63, 3.8) is 0 Å². The molecule has 1 N–H and O–H groups in total. The van der Waals surface area contributed by atoms with Gasteiger partial charge in [0, 0.05) is 24.3 Å². The molecule has 0 spiro atoms. The van der Waals surface area contributed by atoms with Gasteiger partial charge in [0.15, 0.2) is 0 Å². The van der Waals surface area contributed by atoms with Gasteiger partial charge >= 0.3 is 0 Å². The molecular weight excluding hydrogens is 383 g/mol. The molecule has 6 nitrogen and oxygen atoms in total. The number of halogens is 1. The second kappa shape index (κ2) is 8.38. The standard InChI is InChI=1S/C20H23FN2O4S/c1-14(2)15-3-6-17(7-4-15)22-20(24)16-5-8-18(21)19(13-16)28(25,26)23-9-11-27-12-10-23/h3-8,13-14H,9-12H2,1-2H3,(H,22,24). The molecule has 1 amide bonds. The molecule has 1 heterocycles. The molecule has 1 aliphatic heterocycles. The third-order valence-electron chi connectivity index (χ3n) is 4.62. The van der Waals surface area contributed by atoms with Gasteiger partial charge in [0.05, 0.1) is 13.2 Å². The van der Waals surface area contributed by atoms with Crippen LogP contribution < -0.4 is 5.32 Å². The van der Waals surface area contributed by atoms with Crippen LogP contribution in [0.15, 0.2) is 47.4 Å². The Morgan fingerprint density at radius 2 is 1.75 bits per heavy atom. The van der Waals surface area contributed by atoms with Gasteiger partial charge in [0.25, 0.3) is 5.91 Å². The Kier molecular flexibility index (Phi) is 6.12. The highest BCUT2D eigenvalue weighted by Crippen LogP contribution is 2.23. The Balaban J connectivity index is 1.83. The number of hydrogen-bond donors (Lipinski definition) is 1. The number of anilines is 1. The monoisotopic (exact) mass is 406 g/mol. The number of benzene rings is 2. The normalized spacial score (nSPS) is 15.6. The van der Waals surface area contributed by atoms with Crippen molar-refractivity contribution in [3.05, 3.63) is 59.4 Å². The van der Waals surface area contributed by atoms with Crippen LogP contribution in [-0.2, 0) is 14.8 Å². The van der Waals surface area contributed by atoms with Gasteiger partial charge in [-0.25, -0.2) is 12.8 Å². The number of rotatable bonds is 5. The highest BCUT2D eigenvalue weighted by molar-refractivity contribution is 7.89. The molecule has 1 saturated heterocycles. The van der Waals surface area contributed by atoms with Gasteiger partial charge in [0.1, 0.15) is 10.7 Å². The Morgan fingerprint density at radius 3 is 2.36 bits per heavy atom. The van der Waals surface area contributed by atoms with E-state index in [-0.39, 0.29) is 31.9 Å². The van der Waals surface area contributed by atoms with Crippen LogP contribution >= 0.6 is 0 Å². The second-order valence-corrected chi connectivity index (χ2v) is 8.80. The van der Waals surface area contributed by atoms with E-state index in [2.05, 4.69) is 19.2 Å². The summed E-state index contributed by atoms with van der Waals surface area (Å²) >= 11 is 0. The van der Waals surface area contributed by atoms with Crippen LogP contribution in [0.4, 0.5) is 10.1 Å². The summed E-state index contributed by atoms with van der Waals surface area (Å²) in [6.07, 6.45) is 0. The van der Waals surface area contributed by atoms with Crippen LogP contribution in [0.2, 0.25) is 0 Å². The molecule has 3 rings (SSSR count). The minimum Gasteiger partial charge on any atom is -0.379 e. The molecule has 0 aromatic heterocycles. The van der Waals surface area contributed by atoms with Gasteiger partial charge in [-0.15, -0.1) is 0 Å². The van der Waals surface area contributed by atoms with Crippen LogP contribution in [0.25, 0.3) is 0 Å². The van der Waals surface area contributed by atoms with Gasteiger partial charge in [-0.1, -0.05) is 26.0 Å². The first-order valence-corrected chi connectivity index (χ1v) is 10.5. The molecule has 0 aliphatic carbocycles. The number of nitrogens with zero attached hydrogens (tertiary/aromatic N) is 1. The lowest BCUT2D eigenvalue weighted by Crippen LogP contribution is -2.41. The lowest BCUT2D eigenvalue weighted by atomic mass is 10.0. The number of carbonyl (C=O) groups excluding carboxylic acids is 1. The Labute approximate surface area is 164 Å². The third kappa shape index (κ3) is 4.40. The average Bonchev–Trinajstić information content (AvgIpc) is 2.69. The van der Waals surface area contributed by atoms with E-state index < -0.39 is 26.6 Å². The highest BCUT2D eigenvalue weighted by atomic mass is 32.2. The number of morpholine rings is 1. The SMILES string of the molecule is CC(C)c1ccc(NC(=O)c2ccc(F)c(S(=O)(=O)N3CCOCC3)c2)cc1. The van der Waals surface area contributed by atoms with E-state index in [0.29, 0.717) is 11.6 Å². The van der Waals surface area contributed by atoms with E-state index in [1.807, 2.05) is 12.1 Å². The van der Waals surface area contributed by atoms with Crippen molar-refractivity contribution in [2.75, 3.05) is 31.6 Å².